The Morgan fingerprint density at radius 1 is 0.610 bits per heavy atom. The molecule has 2 heterocycles. The van der Waals surface area contributed by atoms with Crippen molar-refractivity contribution in [3.8, 4) is 11.5 Å². The van der Waals surface area contributed by atoms with Gasteiger partial charge in [-0.15, -0.1) is 0 Å². The van der Waals surface area contributed by atoms with Crippen LogP contribution in [0.15, 0.2) is 48.5 Å². The highest BCUT2D eigenvalue weighted by atomic mass is 16.6. The van der Waals surface area contributed by atoms with Crippen LogP contribution in [0.4, 0.5) is 19.2 Å². The van der Waals surface area contributed by atoms with Crippen LogP contribution in [0.1, 0.15) is 158 Å². The zero-order valence-corrected chi connectivity index (χ0v) is 49.8. The summed E-state index contributed by atoms with van der Waals surface area (Å²) in [5.41, 5.74) is 1.46. The Kier molecular flexibility index (Phi) is 20.9. The summed E-state index contributed by atoms with van der Waals surface area (Å²) >= 11 is 0. The van der Waals surface area contributed by atoms with Gasteiger partial charge in [-0.05, 0) is 122 Å². The summed E-state index contributed by atoms with van der Waals surface area (Å²) in [5, 5.41) is 12.7. The van der Waals surface area contributed by atoms with Crippen LogP contribution in [-0.2, 0) is 14.9 Å². The molecule has 16 heteroatoms. The fourth-order valence-corrected chi connectivity index (χ4v) is 12.6. The topological polar surface area (TPSA) is 166 Å². The molecule has 0 aromatic heterocycles. The molecule has 10 unspecified atom stereocenters. The molecule has 2 saturated carbocycles. The lowest BCUT2D eigenvalue weighted by atomic mass is 9.62. The van der Waals surface area contributed by atoms with Crippen molar-refractivity contribution in [1.82, 2.24) is 40.9 Å². The Morgan fingerprint density at radius 3 is 1.44 bits per heavy atom. The van der Waals surface area contributed by atoms with E-state index in [0.717, 1.165) is 102 Å². The first-order valence-corrected chi connectivity index (χ1v) is 29.1. The van der Waals surface area contributed by atoms with Crippen LogP contribution in [0.3, 0.4) is 0 Å². The molecular weight excluding hydrogens is 973 g/mol. The van der Waals surface area contributed by atoms with Crippen molar-refractivity contribution in [3.05, 3.63) is 59.7 Å². The average molecular weight is 1070 g/mol. The number of benzene rings is 2. The Labute approximate surface area is 463 Å². The molecule has 0 radical (unpaired) electrons. The molecule has 2 aliphatic heterocycles. The average Bonchev–Trinajstić information content (AvgIpc) is 4.27. The fraction of sp³-hybridized carbons (Fsp3) is 0.738. The van der Waals surface area contributed by atoms with Crippen LogP contribution in [0.5, 0.6) is 11.5 Å². The van der Waals surface area contributed by atoms with Crippen molar-refractivity contribution in [2.75, 3.05) is 79.7 Å². The molecule has 4 N–H and O–H groups in total. The summed E-state index contributed by atoms with van der Waals surface area (Å²) in [5.74, 6) is 1.39. The predicted octanol–water partition coefficient (Wildman–Crippen LogP) is 10.4. The maximum absolute atomic E-state index is 13.6. The number of urea groups is 2. The quantitative estimate of drug-likeness (QED) is 0.0667. The molecule has 6 rings (SSSR count). The summed E-state index contributed by atoms with van der Waals surface area (Å²) in [7, 11) is 3.69. The summed E-state index contributed by atoms with van der Waals surface area (Å²) in [6.45, 7) is 32.3. The summed E-state index contributed by atoms with van der Waals surface area (Å²) in [6.07, 6.45) is 7.28. The number of unbranched alkanes of at least 4 members (excludes halogenated alkanes) is 2. The van der Waals surface area contributed by atoms with E-state index in [4.69, 9.17) is 18.9 Å². The predicted molar refractivity (Wildman–Crippen MR) is 306 cm³/mol. The molecule has 2 aliphatic carbocycles. The molecule has 2 saturated heterocycles. The molecule has 4 aliphatic rings. The van der Waals surface area contributed by atoms with Gasteiger partial charge < -0.3 is 50.0 Å². The third-order valence-electron chi connectivity index (χ3n) is 16.7. The van der Waals surface area contributed by atoms with Crippen LogP contribution in [-0.4, -0.2) is 160 Å². The third-order valence-corrected chi connectivity index (χ3v) is 16.7. The van der Waals surface area contributed by atoms with Gasteiger partial charge in [0.2, 0.25) is 0 Å². The Hall–Kier alpha value is -4.96. The van der Waals surface area contributed by atoms with Crippen molar-refractivity contribution in [2.45, 2.75) is 189 Å². The molecule has 16 nitrogen and oxygen atoms in total. The number of alkyl carbamates (subject to hydrolysis) is 2. The molecular formula is C61H100N8O8. The first-order chi connectivity index (χ1) is 36.2. The van der Waals surface area contributed by atoms with Crippen LogP contribution >= 0.6 is 0 Å². The van der Waals surface area contributed by atoms with Gasteiger partial charge in [0.1, 0.15) is 24.7 Å². The number of nitrogens with zero attached hydrogens (tertiary/aromatic N) is 4. The van der Waals surface area contributed by atoms with Gasteiger partial charge in [-0.25, -0.2) is 19.2 Å². The van der Waals surface area contributed by atoms with Gasteiger partial charge in [0, 0.05) is 96.0 Å². The molecule has 2 aromatic carbocycles. The molecule has 6 amide bonds. The van der Waals surface area contributed by atoms with E-state index in [2.05, 4.69) is 138 Å². The third kappa shape index (κ3) is 19.1. The normalized spacial score (nSPS) is 26.9. The molecule has 4 fully saturated rings. The lowest BCUT2D eigenvalue weighted by Gasteiger charge is -2.47. The molecule has 0 bridgehead atoms. The van der Waals surface area contributed by atoms with Gasteiger partial charge in [-0.1, -0.05) is 106 Å². The lowest BCUT2D eigenvalue weighted by molar-refractivity contribution is 0.0389. The largest absolute Gasteiger partial charge is 0.490 e. The van der Waals surface area contributed by atoms with Crippen molar-refractivity contribution < 1.29 is 38.1 Å². The first-order valence-electron chi connectivity index (χ1n) is 29.1. The number of ether oxygens (including phenoxy) is 4. The number of hydrogen-bond donors (Lipinski definition) is 4. The fourth-order valence-electron chi connectivity index (χ4n) is 12.6. The lowest BCUT2D eigenvalue weighted by Crippen LogP contribution is -2.52. The number of rotatable bonds is 26. The van der Waals surface area contributed by atoms with Gasteiger partial charge in [0.05, 0.1) is 0 Å². The van der Waals surface area contributed by atoms with E-state index in [1.807, 2.05) is 38.4 Å². The van der Waals surface area contributed by atoms with Gasteiger partial charge in [0.15, 0.2) is 12.2 Å². The minimum Gasteiger partial charge on any atom is -0.490 e. The number of amides is 6. The van der Waals surface area contributed by atoms with Gasteiger partial charge in [0.25, 0.3) is 0 Å². The van der Waals surface area contributed by atoms with E-state index >= 15 is 0 Å². The van der Waals surface area contributed by atoms with Crippen LogP contribution in [0, 0.1) is 21.7 Å². The minimum atomic E-state index is -0.465. The van der Waals surface area contributed by atoms with Crippen molar-refractivity contribution in [1.29, 1.82) is 0 Å². The van der Waals surface area contributed by atoms with Crippen molar-refractivity contribution in [2.24, 2.45) is 21.7 Å². The highest BCUT2D eigenvalue weighted by Crippen LogP contribution is 2.47. The smallest absolute Gasteiger partial charge is 0.407 e. The maximum Gasteiger partial charge on any atom is 0.407 e. The van der Waals surface area contributed by atoms with Crippen LogP contribution in [0.2, 0.25) is 0 Å². The van der Waals surface area contributed by atoms with Gasteiger partial charge in [-0.3, -0.25) is 9.80 Å². The zero-order chi connectivity index (χ0) is 56.3. The highest BCUT2D eigenvalue weighted by Gasteiger charge is 2.44. The van der Waals surface area contributed by atoms with Crippen molar-refractivity contribution in [3.63, 3.8) is 0 Å². The van der Waals surface area contributed by atoms with E-state index in [9.17, 15) is 19.2 Å². The second-order valence-corrected chi connectivity index (χ2v) is 26.6. The molecule has 0 spiro atoms. The molecule has 77 heavy (non-hydrogen) atoms. The number of carbonyl (C=O) groups is 4. The Balaban J connectivity index is 0.983. The zero-order valence-electron chi connectivity index (χ0n) is 49.8. The monoisotopic (exact) mass is 1070 g/mol. The summed E-state index contributed by atoms with van der Waals surface area (Å²) in [4.78, 5) is 60.9. The van der Waals surface area contributed by atoms with E-state index in [-0.39, 0.29) is 64.4 Å². The van der Waals surface area contributed by atoms with E-state index in [0.29, 0.717) is 49.8 Å². The Morgan fingerprint density at radius 2 is 1.01 bits per heavy atom. The summed E-state index contributed by atoms with van der Waals surface area (Å²) < 4.78 is 24.8. The van der Waals surface area contributed by atoms with E-state index in [1.54, 1.807) is 9.80 Å². The molecule has 432 valence electrons. The standard InChI is InChI=1S/C61H100N8O8/c1-15-17-27-66(13)53(70)62-41-60(11)32-48(30-58(7,8)39-60)65-56(73)77-52(36-69-34-44(69)4)38-75-50-25-21-46(22-26-50)59(9,10)45-19-23-49(24-20-45)74-37-51(35-68-33-43(68)3)76-55(72)63-42-61(12)31-47(29-57(5,6)40-61)64-54(71)67(14)28-18-16-2/h19-26,43-44,47-48,51-52H,15-18,27-42H2,1-14H3,(H,62,70)(H,63,72)(H,64,71)(H,65,73). The number of carbonyl (C=O) groups excluding carboxylic acids is 4. The van der Waals surface area contributed by atoms with Crippen molar-refractivity contribution >= 4 is 24.2 Å². The second-order valence-electron chi connectivity index (χ2n) is 26.6. The highest BCUT2D eigenvalue weighted by molar-refractivity contribution is 5.74. The van der Waals surface area contributed by atoms with Crippen LogP contribution < -0.4 is 30.7 Å². The summed E-state index contributed by atoms with van der Waals surface area (Å²) in [6, 6.07) is 17.0. The molecule has 2 aromatic rings. The van der Waals surface area contributed by atoms with E-state index in [1.165, 1.54) is 0 Å². The first kappa shape index (κ1) is 61.3. The van der Waals surface area contributed by atoms with Gasteiger partial charge in [-0.2, -0.15) is 0 Å². The Bertz CT molecular complexity index is 2240. The number of nitrogens with one attached hydrogen (secondary N) is 4. The van der Waals surface area contributed by atoms with E-state index < -0.39 is 24.4 Å². The second kappa shape index (κ2) is 26.3. The number of hydrogen-bond acceptors (Lipinski definition) is 10. The minimum absolute atomic E-state index is 0.00136. The van der Waals surface area contributed by atoms with Gasteiger partial charge >= 0.3 is 24.2 Å². The van der Waals surface area contributed by atoms with Crippen LogP contribution in [0.25, 0.3) is 0 Å². The maximum atomic E-state index is 13.6. The SMILES string of the molecule is CCCCN(C)C(=O)NCC1(C)CC(NC(=O)OC(COc2ccc(C(C)(C)c3ccc(OCC(CN4CC4C)OC(=O)NCC4(C)CC(NC(=O)N(C)CCCC)CC(C)(C)C4)cc3)cc2)CN2CC2C)CC(C)(C)C1. The molecule has 10 atom stereocenters.